The predicted molar refractivity (Wildman–Crippen MR) is 75.3 cm³/mol. The molecule has 1 saturated carbocycles. The zero-order valence-electron chi connectivity index (χ0n) is 11.5. The van der Waals surface area contributed by atoms with Gasteiger partial charge in [-0.25, -0.2) is 0 Å². The monoisotopic (exact) mass is 245 g/mol. The molecule has 2 aliphatic rings. The van der Waals surface area contributed by atoms with E-state index in [1.165, 1.54) is 36.9 Å². The molecule has 1 aliphatic heterocycles. The van der Waals surface area contributed by atoms with Crippen LogP contribution in [0.5, 0.6) is 5.75 Å². The highest BCUT2D eigenvalue weighted by Crippen LogP contribution is 2.38. The van der Waals surface area contributed by atoms with Gasteiger partial charge in [0.2, 0.25) is 0 Å². The minimum absolute atomic E-state index is 0.421. The lowest BCUT2D eigenvalue weighted by Gasteiger charge is -2.34. The van der Waals surface area contributed by atoms with Crippen LogP contribution in [0.4, 0.5) is 5.69 Å². The minimum Gasteiger partial charge on any atom is -0.490 e. The van der Waals surface area contributed by atoms with Crippen molar-refractivity contribution in [1.29, 1.82) is 0 Å². The molecule has 0 spiro atoms. The molecule has 2 nitrogen and oxygen atoms in total. The fourth-order valence-corrected chi connectivity index (χ4v) is 3.09. The second-order valence-corrected chi connectivity index (χ2v) is 6.44. The van der Waals surface area contributed by atoms with E-state index < -0.39 is 0 Å². The largest absolute Gasteiger partial charge is 0.490 e. The van der Waals surface area contributed by atoms with Gasteiger partial charge in [-0.2, -0.15) is 0 Å². The summed E-state index contributed by atoms with van der Waals surface area (Å²) >= 11 is 0. The van der Waals surface area contributed by atoms with Gasteiger partial charge in [-0.3, -0.25) is 0 Å². The van der Waals surface area contributed by atoms with Crippen molar-refractivity contribution < 1.29 is 4.74 Å². The molecule has 0 amide bonds. The lowest BCUT2D eigenvalue weighted by atomic mass is 9.76. The Kier molecular flexibility index (Phi) is 2.96. The van der Waals surface area contributed by atoms with Crippen molar-refractivity contribution in [3.8, 4) is 5.75 Å². The van der Waals surface area contributed by atoms with Gasteiger partial charge >= 0.3 is 0 Å². The fraction of sp³-hybridized carbons (Fsp3) is 0.625. The molecule has 0 radical (unpaired) electrons. The average molecular weight is 245 g/mol. The summed E-state index contributed by atoms with van der Waals surface area (Å²) < 4.78 is 6.25. The lowest BCUT2D eigenvalue weighted by Crippen LogP contribution is -2.28. The molecule has 1 aromatic rings. The maximum Gasteiger partial charge on any atom is 0.125 e. The first-order valence-electron chi connectivity index (χ1n) is 7.16. The van der Waals surface area contributed by atoms with Crippen LogP contribution in [0, 0.1) is 5.41 Å². The van der Waals surface area contributed by atoms with Crippen molar-refractivity contribution in [3.63, 3.8) is 0 Å². The molecule has 18 heavy (non-hydrogen) atoms. The number of hydrogen-bond donors (Lipinski definition) is 1. The van der Waals surface area contributed by atoms with Crippen LogP contribution in [-0.4, -0.2) is 12.6 Å². The van der Waals surface area contributed by atoms with Crippen LogP contribution in [0.1, 0.15) is 45.1 Å². The molecule has 0 bridgehead atoms. The van der Waals surface area contributed by atoms with E-state index >= 15 is 0 Å². The molecule has 0 aromatic heterocycles. The van der Waals surface area contributed by atoms with E-state index in [2.05, 4.69) is 37.4 Å². The van der Waals surface area contributed by atoms with E-state index in [1.807, 2.05) is 0 Å². The summed E-state index contributed by atoms with van der Waals surface area (Å²) in [6, 6.07) is 6.38. The summed E-state index contributed by atoms with van der Waals surface area (Å²) in [6.45, 7) is 5.79. The number of nitrogens with one attached hydrogen (secondary N) is 1. The third-order valence-electron chi connectivity index (χ3n) is 4.40. The Morgan fingerprint density at radius 2 is 2.00 bits per heavy atom. The first-order chi connectivity index (χ1) is 8.64. The van der Waals surface area contributed by atoms with Gasteiger partial charge in [0, 0.05) is 17.8 Å². The topological polar surface area (TPSA) is 21.3 Å². The summed E-state index contributed by atoms with van der Waals surface area (Å²) in [5, 5.41) is 3.41. The quantitative estimate of drug-likeness (QED) is 0.850. The lowest BCUT2D eigenvalue weighted by molar-refractivity contribution is 0.0981. The van der Waals surface area contributed by atoms with Crippen LogP contribution >= 0.6 is 0 Å². The molecule has 1 aliphatic carbocycles. The third-order valence-corrected chi connectivity index (χ3v) is 4.40. The summed E-state index contributed by atoms with van der Waals surface area (Å²) in [7, 11) is 0. The summed E-state index contributed by atoms with van der Waals surface area (Å²) in [6.07, 6.45) is 6.48. The average Bonchev–Trinajstić information content (AvgIpc) is 2.81. The van der Waals surface area contributed by atoms with Gasteiger partial charge in [-0.05, 0) is 49.7 Å². The van der Waals surface area contributed by atoms with Crippen LogP contribution in [0.2, 0.25) is 0 Å². The maximum atomic E-state index is 6.25. The molecule has 1 aromatic carbocycles. The zero-order chi connectivity index (χ0) is 12.6. The van der Waals surface area contributed by atoms with Gasteiger partial charge in [-0.1, -0.05) is 19.9 Å². The van der Waals surface area contributed by atoms with Crippen molar-refractivity contribution in [2.45, 2.75) is 52.1 Å². The SMILES string of the molecule is CC1(C)CCC(Oc2cccc3c2CCN3)CC1. The van der Waals surface area contributed by atoms with Crippen LogP contribution in [0.15, 0.2) is 18.2 Å². The molecular weight excluding hydrogens is 222 g/mol. The minimum atomic E-state index is 0.421. The van der Waals surface area contributed by atoms with E-state index in [0.29, 0.717) is 11.5 Å². The zero-order valence-corrected chi connectivity index (χ0v) is 11.5. The second kappa shape index (κ2) is 4.49. The highest BCUT2D eigenvalue weighted by molar-refractivity contribution is 5.61. The summed E-state index contributed by atoms with van der Waals surface area (Å²) in [5.41, 5.74) is 3.16. The summed E-state index contributed by atoms with van der Waals surface area (Å²) in [5.74, 6) is 1.11. The Hall–Kier alpha value is -1.18. The first kappa shape index (κ1) is 11.9. The number of ether oxygens (including phenoxy) is 1. The van der Waals surface area contributed by atoms with Crippen molar-refractivity contribution >= 4 is 5.69 Å². The van der Waals surface area contributed by atoms with Crippen LogP contribution in [0.25, 0.3) is 0 Å². The molecule has 1 fully saturated rings. The Labute approximate surface area is 110 Å². The first-order valence-corrected chi connectivity index (χ1v) is 7.16. The molecule has 3 rings (SSSR count). The Morgan fingerprint density at radius 1 is 1.22 bits per heavy atom. The molecule has 0 saturated heterocycles. The van der Waals surface area contributed by atoms with Gasteiger partial charge in [0.1, 0.15) is 5.75 Å². The Bertz CT molecular complexity index is 429. The standard InChI is InChI=1S/C16H23NO/c1-16(2)9-6-12(7-10-16)18-15-5-3-4-14-13(15)8-11-17-14/h3-5,12,17H,6-11H2,1-2H3. The molecule has 2 heteroatoms. The number of anilines is 1. The highest BCUT2D eigenvalue weighted by atomic mass is 16.5. The smallest absolute Gasteiger partial charge is 0.125 e. The van der Waals surface area contributed by atoms with Gasteiger partial charge in [0.25, 0.3) is 0 Å². The molecule has 0 unspecified atom stereocenters. The second-order valence-electron chi connectivity index (χ2n) is 6.44. The number of rotatable bonds is 2. The van der Waals surface area contributed by atoms with Gasteiger partial charge < -0.3 is 10.1 Å². The van der Waals surface area contributed by atoms with Crippen molar-refractivity contribution in [1.82, 2.24) is 0 Å². The van der Waals surface area contributed by atoms with Gasteiger partial charge in [0.05, 0.1) is 6.10 Å². The molecule has 98 valence electrons. The van der Waals surface area contributed by atoms with E-state index in [9.17, 15) is 0 Å². The number of benzene rings is 1. The van der Waals surface area contributed by atoms with E-state index in [4.69, 9.17) is 4.74 Å². The molecular formula is C16H23NO. The van der Waals surface area contributed by atoms with Crippen LogP contribution < -0.4 is 10.1 Å². The Balaban J connectivity index is 1.69. The summed E-state index contributed by atoms with van der Waals surface area (Å²) in [4.78, 5) is 0. The van der Waals surface area contributed by atoms with E-state index in [1.54, 1.807) is 0 Å². The molecule has 1 heterocycles. The van der Waals surface area contributed by atoms with Crippen molar-refractivity contribution in [2.24, 2.45) is 5.41 Å². The predicted octanol–water partition coefficient (Wildman–Crippen LogP) is 4.00. The van der Waals surface area contributed by atoms with E-state index in [0.717, 1.165) is 18.7 Å². The Morgan fingerprint density at radius 3 is 2.78 bits per heavy atom. The van der Waals surface area contributed by atoms with Crippen LogP contribution in [-0.2, 0) is 6.42 Å². The number of fused-ring (bicyclic) bond motifs is 1. The number of hydrogen-bond acceptors (Lipinski definition) is 2. The fourth-order valence-electron chi connectivity index (χ4n) is 3.09. The van der Waals surface area contributed by atoms with Crippen LogP contribution in [0.3, 0.4) is 0 Å². The maximum absolute atomic E-state index is 6.25. The molecule has 0 atom stereocenters. The van der Waals surface area contributed by atoms with Gasteiger partial charge in [-0.15, -0.1) is 0 Å². The van der Waals surface area contributed by atoms with E-state index in [-0.39, 0.29) is 0 Å². The normalized spacial score (nSPS) is 22.3. The van der Waals surface area contributed by atoms with Crippen molar-refractivity contribution in [2.75, 3.05) is 11.9 Å². The molecule has 1 N–H and O–H groups in total. The highest BCUT2D eigenvalue weighted by Gasteiger charge is 2.28. The third kappa shape index (κ3) is 2.33. The van der Waals surface area contributed by atoms with Gasteiger partial charge in [0.15, 0.2) is 0 Å². The van der Waals surface area contributed by atoms with Crippen molar-refractivity contribution in [3.05, 3.63) is 23.8 Å².